The summed E-state index contributed by atoms with van der Waals surface area (Å²) < 4.78 is 1.29. The second-order valence-corrected chi connectivity index (χ2v) is 6.76. The van der Waals surface area contributed by atoms with Crippen molar-refractivity contribution >= 4 is 48.4 Å². The monoisotopic (exact) mass is 358 g/mol. The van der Waals surface area contributed by atoms with Gasteiger partial charge in [-0.2, -0.15) is 0 Å². The van der Waals surface area contributed by atoms with E-state index in [0.29, 0.717) is 0 Å². The van der Waals surface area contributed by atoms with Crippen LogP contribution in [0.4, 0.5) is 0 Å². The standard InChI is InChI=1S/C16H11BrN2OS/c17-15(11-8-21-14-4-2-1-3-10(11)14)9-5-6-12-13(7-9)19-16(20)18-12/h1-8,15H,(H2,18,19,20). The average Bonchev–Trinajstić information content (AvgIpc) is 3.07. The lowest BCUT2D eigenvalue weighted by molar-refractivity contribution is 1.21. The van der Waals surface area contributed by atoms with E-state index in [-0.39, 0.29) is 10.5 Å². The van der Waals surface area contributed by atoms with Gasteiger partial charge < -0.3 is 9.97 Å². The van der Waals surface area contributed by atoms with Gasteiger partial charge in [-0.25, -0.2) is 4.79 Å². The van der Waals surface area contributed by atoms with Crippen molar-refractivity contribution in [3.8, 4) is 0 Å². The predicted octanol–water partition coefficient (Wildman–Crippen LogP) is 4.56. The lowest BCUT2D eigenvalue weighted by atomic mass is 10.0. The number of halogens is 1. The lowest BCUT2D eigenvalue weighted by Crippen LogP contribution is -1.99. The molecule has 0 radical (unpaired) electrons. The first-order valence-corrected chi connectivity index (χ1v) is 8.34. The van der Waals surface area contributed by atoms with Crippen LogP contribution in [0.3, 0.4) is 0 Å². The van der Waals surface area contributed by atoms with Crippen molar-refractivity contribution in [2.75, 3.05) is 0 Å². The Bertz CT molecular complexity index is 998. The van der Waals surface area contributed by atoms with Gasteiger partial charge in [-0.15, -0.1) is 11.3 Å². The molecule has 0 bridgehead atoms. The lowest BCUT2D eigenvalue weighted by Gasteiger charge is -2.09. The van der Waals surface area contributed by atoms with Gasteiger partial charge in [0.25, 0.3) is 0 Å². The third kappa shape index (κ3) is 2.13. The number of H-pyrrole nitrogens is 2. The summed E-state index contributed by atoms with van der Waals surface area (Å²) in [7, 11) is 0. The number of nitrogens with one attached hydrogen (secondary N) is 2. The fraction of sp³-hybridized carbons (Fsp3) is 0.0625. The molecule has 0 aliphatic rings. The van der Waals surface area contributed by atoms with Gasteiger partial charge in [-0.1, -0.05) is 40.2 Å². The molecule has 21 heavy (non-hydrogen) atoms. The number of hydrogen-bond donors (Lipinski definition) is 2. The van der Waals surface area contributed by atoms with Crippen LogP contribution in [0.25, 0.3) is 21.1 Å². The van der Waals surface area contributed by atoms with E-state index in [1.54, 1.807) is 11.3 Å². The van der Waals surface area contributed by atoms with Gasteiger partial charge in [-0.3, -0.25) is 0 Å². The number of aromatic nitrogens is 2. The summed E-state index contributed by atoms with van der Waals surface area (Å²) >= 11 is 5.54. The molecule has 3 nitrogen and oxygen atoms in total. The third-order valence-corrected chi connectivity index (χ3v) is 5.62. The Hall–Kier alpha value is -1.85. The second kappa shape index (κ2) is 4.86. The first-order chi connectivity index (χ1) is 10.2. The molecule has 0 saturated carbocycles. The Balaban J connectivity index is 1.85. The maximum absolute atomic E-state index is 11.4. The number of fused-ring (bicyclic) bond motifs is 2. The maximum atomic E-state index is 11.4. The van der Waals surface area contributed by atoms with Crippen LogP contribution >= 0.6 is 27.3 Å². The van der Waals surface area contributed by atoms with Crippen molar-refractivity contribution < 1.29 is 0 Å². The minimum atomic E-state index is -0.172. The first-order valence-electron chi connectivity index (χ1n) is 6.54. The fourth-order valence-electron chi connectivity index (χ4n) is 2.58. The number of thiophene rings is 1. The molecule has 1 unspecified atom stereocenters. The van der Waals surface area contributed by atoms with E-state index < -0.39 is 0 Å². The maximum Gasteiger partial charge on any atom is 0.323 e. The zero-order chi connectivity index (χ0) is 14.4. The third-order valence-electron chi connectivity index (χ3n) is 3.62. The summed E-state index contributed by atoms with van der Waals surface area (Å²) in [6, 6.07) is 14.4. The van der Waals surface area contributed by atoms with E-state index in [4.69, 9.17) is 0 Å². The number of hydrogen-bond acceptors (Lipinski definition) is 2. The van der Waals surface area contributed by atoms with Gasteiger partial charge in [0.15, 0.2) is 0 Å². The SMILES string of the molecule is O=c1[nH]c2ccc(C(Br)c3csc4ccccc34)cc2[nH]1. The minimum Gasteiger partial charge on any atom is -0.306 e. The molecule has 0 fully saturated rings. The van der Waals surface area contributed by atoms with E-state index in [1.807, 2.05) is 18.2 Å². The summed E-state index contributed by atoms with van der Waals surface area (Å²) in [4.78, 5) is 17.0. The molecular formula is C16H11BrN2OS. The highest BCUT2D eigenvalue weighted by Crippen LogP contribution is 2.38. The highest BCUT2D eigenvalue weighted by Gasteiger charge is 2.15. The van der Waals surface area contributed by atoms with Crippen molar-refractivity contribution in [3.05, 3.63) is 69.5 Å². The van der Waals surface area contributed by atoms with Crippen LogP contribution in [0.5, 0.6) is 0 Å². The van der Waals surface area contributed by atoms with Crippen LogP contribution in [-0.4, -0.2) is 9.97 Å². The Labute approximate surface area is 132 Å². The smallest absolute Gasteiger partial charge is 0.306 e. The van der Waals surface area contributed by atoms with Gasteiger partial charge in [0.05, 0.1) is 15.9 Å². The second-order valence-electron chi connectivity index (χ2n) is 4.93. The molecule has 5 heteroatoms. The number of rotatable bonds is 2. The number of imidazole rings is 1. The van der Waals surface area contributed by atoms with Gasteiger partial charge in [0.1, 0.15) is 0 Å². The van der Waals surface area contributed by atoms with Crippen LogP contribution in [0.1, 0.15) is 16.0 Å². The zero-order valence-corrected chi connectivity index (χ0v) is 13.3. The van der Waals surface area contributed by atoms with Crippen molar-refractivity contribution in [1.82, 2.24) is 9.97 Å². The molecule has 0 aliphatic carbocycles. The summed E-state index contributed by atoms with van der Waals surface area (Å²) in [5.41, 5.74) is 3.88. The summed E-state index contributed by atoms with van der Waals surface area (Å²) in [6.07, 6.45) is 0. The average molecular weight is 359 g/mol. The molecule has 2 aromatic carbocycles. The number of aromatic amines is 2. The Morgan fingerprint density at radius 3 is 2.76 bits per heavy atom. The topological polar surface area (TPSA) is 48.6 Å². The molecule has 104 valence electrons. The minimum absolute atomic E-state index is 0.108. The van der Waals surface area contributed by atoms with Crippen molar-refractivity contribution in [2.24, 2.45) is 0 Å². The first kappa shape index (κ1) is 12.9. The molecule has 0 saturated heterocycles. The molecule has 2 heterocycles. The molecule has 4 rings (SSSR count). The predicted molar refractivity (Wildman–Crippen MR) is 91.5 cm³/mol. The largest absolute Gasteiger partial charge is 0.323 e. The van der Waals surface area contributed by atoms with Gasteiger partial charge in [0, 0.05) is 4.70 Å². The van der Waals surface area contributed by atoms with Crippen molar-refractivity contribution in [2.45, 2.75) is 4.83 Å². The summed E-state index contributed by atoms with van der Waals surface area (Å²) in [6.45, 7) is 0. The molecule has 2 aromatic heterocycles. The molecular weight excluding hydrogens is 348 g/mol. The van der Waals surface area contributed by atoms with E-state index in [0.717, 1.165) is 16.6 Å². The Morgan fingerprint density at radius 2 is 1.86 bits per heavy atom. The highest BCUT2D eigenvalue weighted by molar-refractivity contribution is 9.09. The van der Waals surface area contributed by atoms with E-state index in [1.165, 1.54) is 15.6 Å². The molecule has 2 N–H and O–H groups in total. The number of alkyl halides is 1. The fourth-order valence-corrected chi connectivity index (χ4v) is 4.41. The van der Waals surface area contributed by atoms with Crippen LogP contribution in [0, 0.1) is 0 Å². The van der Waals surface area contributed by atoms with Crippen LogP contribution in [0.15, 0.2) is 52.6 Å². The van der Waals surface area contributed by atoms with Crippen LogP contribution in [0.2, 0.25) is 0 Å². The van der Waals surface area contributed by atoms with Crippen LogP contribution in [-0.2, 0) is 0 Å². The highest BCUT2D eigenvalue weighted by atomic mass is 79.9. The van der Waals surface area contributed by atoms with E-state index >= 15 is 0 Å². The molecule has 0 aliphatic heterocycles. The van der Waals surface area contributed by atoms with Crippen LogP contribution < -0.4 is 5.69 Å². The van der Waals surface area contributed by atoms with E-state index in [2.05, 4.69) is 55.5 Å². The van der Waals surface area contributed by atoms with E-state index in [9.17, 15) is 4.79 Å². The Kier molecular flexibility index (Phi) is 2.97. The normalized spacial score (nSPS) is 13.0. The molecule has 0 spiro atoms. The summed E-state index contributed by atoms with van der Waals surface area (Å²) in [5.74, 6) is 0. The van der Waals surface area contributed by atoms with Crippen molar-refractivity contribution in [3.63, 3.8) is 0 Å². The quantitative estimate of drug-likeness (QED) is 0.507. The Morgan fingerprint density at radius 1 is 1.05 bits per heavy atom. The number of benzene rings is 2. The zero-order valence-electron chi connectivity index (χ0n) is 10.9. The van der Waals surface area contributed by atoms with Gasteiger partial charge in [-0.05, 0) is 40.1 Å². The molecule has 1 atom stereocenters. The molecule has 4 aromatic rings. The van der Waals surface area contributed by atoms with Gasteiger partial charge >= 0.3 is 5.69 Å². The van der Waals surface area contributed by atoms with Gasteiger partial charge in [0.2, 0.25) is 0 Å². The van der Waals surface area contributed by atoms with Crippen molar-refractivity contribution in [1.29, 1.82) is 0 Å². The molecule has 0 amide bonds. The summed E-state index contributed by atoms with van der Waals surface area (Å²) in [5, 5.41) is 3.46.